The molecule has 93 heavy (non-hydrogen) atoms. The van der Waals surface area contributed by atoms with Crippen LogP contribution >= 0.6 is 0 Å². The second-order valence-corrected chi connectivity index (χ2v) is 23.6. The molecule has 494 valence electrons. The van der Waals surface area contributed by atoms with Crippen molar-refractivity contribution in [2.45, 2.75) is 174 Å². The van der Waals surface area contributed by atoms with E-state index in [2.05, 4.69) is 0 Å². The Morgan fingerprint density at radius 3 is 1.04 bits per heavy atom. The van der Waals surface area contributed by atoms with E-state index in [0.29, 0.717) is 5.56 Å². The smallest absolute Gasteiger partial charge is 0.303 e. The molecule has 6 aliphatic heterocycles. The maximum absolute atomic E-state index is 15.2. The number of carbonyl (C=O) groups is 8. The summed E-state index contributed by atoms with van der Waals surface area (Å²) >= 11 is 0. The van der Waals surface area contributed by atoms with Gasteiger partial charge in [-0.3, -0.25) is 53.1 Å². The fourth-order valence-electron chi connectivity index (χ4n) is 12.3. The molecule has 0 unspecified atom stereocenters. The summed E-state index contributed by atoms with van der Waals surface area (Å²) in [5.74, 6) is -6.51. The molecule has 0 saturated carbocycles. The van der Waals surface area contributed by atoms with Gasteiger partial charge in [0.25, 0.3) is 35.4 Å². The maximum atomic E-state index is 15.2. The number of aliphatic hydroxyl groups is 1. The summed E-state index contributed by atoms with van der Waals surface area (Å²) in [5.41, 5.74) is 3.23. The van der Waals surface area contributed by atoms with Crippen LogP contribution in [0.2, 0.25) is 0 Å². The highest BCUT2D eigenvalue weighted by Gasteiger charge is 2.63. The highest BCUT2D eigenvalue weighted by Crippen LogP contribution is 2.43. The van der Waals surface area contributed by atoms with Crippen molar-refractivity contribution in [1.29, 1.82) is 0 Å². The van der Waals surface area contributed by atoms with Crippen LogP contribution < -0.4 is 0 Å². The summed E-state index contributed by atoms with van der Waals surface area (Å²) in [6.45, 7) is 9.63. The molecule has 3 saturated heterocycles. The van der Waals surface area contributed by atoms with Crippen LogP contribution in [0.25, 0.3) is 0 Å². The molecule has 0 aliphatic carbocycles. The third-order valence-electron chi connectivity index (χ3n) is 17.6. The Morgan fingerprint density at radius 1 is 0.398 bits per heavy atom. The molecule has 6 amide bonds. The molecule has 6 aliphatic rings. The van der Waals surface area contributed by atoms with E-state index in [0.717, 1.165) is 45.2 Å². The number of aliphatic hydroxyl groups excluding tert-OH is 1. The van der Waals surface area contributed by atoms with Gasteiger partial charge in [0.15, 0.2) is 31.1 Å². The molecule has 0 spiro atoms. The summed E-state index contributed by atoms with van der Waals surface area (Å²) in [4.78, 5) is 118. The number of imide groups is 3. The van der Waals surface area contributed by atoms with Crippen LogP contribution in [-0.4, -0.2) is 186 Å². The summed E-state index contributed by atoms with van der Waals surface area (Å²) in [6, 6.07) is 31.1. The number of carbonyl (C=O) groups excluding carboxylic acids is 8. The lowest BCUT2D eigenvalue weighted by Gasteiger charge is -2.53. The third kappa shape index (κ3) is 14.6. The van der Waals surface area contributed by atoms with Gasteiger partial charge in [-0.1, -0.05) is 121 Å². The molecule has 10 rings (SSSR count). The molecule has 24 heteroatoms. The van der Waals surface area contributed by atoms with Gasteiger partial charge in [0, 0.05) is 54.4 Å². The van der Waals surface area contributed by atoms with Crippen molar-refractivity contribution < 1.29 is 100 Å². The molecule has 6 heterocycles. The van der Waals surface area contributed by atoms with Gasteiger partial charge in [0.2, 0.25) is 0 Å². The number of hydrogen-bond donors (Lipinski definition) is 1. The fraction of sp³-hybridized carbons (Fsp3) is 0.449. The topological polar surface area (TPSA) is 277 Å². The number of methoxy groups -OCH3 is 1. The zero-order valence-electron chi connectivity index (χ0n) is 53.1. The van der Waals surface area contributed by atoms with Gasteiger partial charge in [-0.25, -0.2) is 0 Å². The number of rotatable bonds is 25. The van der Waals surface area contributed by atoms with E-state index >= 15 is 9.59 Å². The summed E-state index contributed by atoms with van der Waals surface area (Å²) in [7, 11) is 1.28. The first-order valence-corrected chi connectivity index (χ1v) is 30.7. The number of hydrogen-bond acceptors (Lipinski definition) is 21. The molecule has 4 aromatic carbocycles. The second kappa shape index (κ2) is 30.0. The summed E-state index contributed by atoms with van der Waals surface area (Å²) in [5, 5.41) is 12.4. The zero-order valence-corrected chi connectivity index (χ0v) is 53.1. The van der Waals surface area contributed by atoms with Crippen LogP contribution in [0.1, 0.15) is 77.6 Å². The van der Waals surface area contributed by atoms with Gasteiger partial charge in [-0.2, -0.15) is 0 Å². The molecule has 3 fully saturated rings. The van der Waals surface area contributed by atoms with Gasteiger partial charge in [-0.15, -0.1) is 0 Å². The minimum absolute atomic E-state index is 0.0281. The number of amides is 6. The van der Waals surface area contributed by atoms with Crippen LogP contribution in [0.3, 0.4) is 0 Å². The van der Waals surface area contributed by atoms with Gasteiger partial charge in [-0.05, 0) is 63.8 Å². The largest absolute Gasteiger partial charge is 0.457 e. The number of ether oxygens (including phenoxy) is 12. The molecule has 4 aromatic rings. The first-order valence-electron chi connectivity index (χ1n) is 30.7. The Balaban J connectivity index is 1.14. The molecule has 15 atom stereocenters. The van der Waals surface area contributed by atoms with E-state index in [9.17, 15) is 33.9 Å². The van der Waals surface area contributed by atoms with Crippen molar-refractivity contribution in [2.24, 2.45) is 0 Å². The van der Waals surface area contributed by atoms with E-state index in [1.807, 2.05) is 91.0 Å². The third-order valence-corrected chi connectivity index (χ3v) is 17.6. The molecule has 0 bridgehead atoms. The Hall–Kier alpha value is -7.98. The van der Waals surface area contributed by atoms with Crippen molar-refractivity contribution in [1.82, 2.24) is 14.7 Å². The van der Waals surface area contributed by atoms with Crippen LogP contribution in [0.15, 0.2) is 155 Å². The molecule has 24 nitrogen and oxygen atoms in total. The average molecular weight is 1280 g/mol. The Kier molecular flexibility index (Phi) is 21.9. The second-order valence-electron chi connectivity index (χ2n) is 23.6. The number of nitrogens with zero attached hydrogens (tertiary/aromatic N) is 3. The van der Waals surface area contributed by atoms with E-state index in [4.69, 9.17) is 56.8 Å². The van der Waals surface area contributed by atoms with Gasteiger partial charge >= 0.3 is 11.9 Å². The standard InChI is InChI=1S/C69H77N3O21/c1-37-38(2)62(77)70(61(37)76)52-58(87-43(7)73)55(75)49(34-83-30-45-22-14-10-15-23-45)89-68(52)92-56-50(35-84-31-46-24-16-11-17-25-46)91-69(53(71-63(78)39(3)40(4)64(71)79)59(56)86-33-48-28-20-13-21-29-48)93-57-51(36-85-32-47-26-18-12-19-27-47)90-67(82-9)54(60(57)88-44(8)74)72-65(80)41(5)42(6)66(72)81/h10-29,49-60,67-69,75H,30-36H2,1-9H3/t49-,50-,51-,52-,53-,54-,55-,56-,57-,58-,59-,60-,67-,68+,69+/m1/s1. The number of esters is 2. The summed E-state index contributed by atoms with van der Waals surface area (Å²) in [6.07, 6.45) is -19.8. The normalized spacial score (nSPS) is 29.4. The van der Waals surface area contributed by atoms with E-state index in [1.165, 1.54) is 48.7 Å². The first kappa shape index (κ1) is 67.9. The van der Waals surface area contributed by atoms with Crippen molar-refractivity contribution in [2.75, 3.05) is 26.9 Å². The van der Waals surface area contributed by atoms with Crippen molar-refractivity contribution >= 4 is 47.4 Å². The first-order chi connectivity index (χ1) is 44.7. The zero-order chi connectivity index (χ0) is 66.4. The average Bonchev–Trinajstić information content (AvgIpc) is 1.74. The lowest BCUT2D eigenvalue weighted by atomic mass is 9.91. The predicted octanol–water partition coefficient (Wildman–Crippen LogP) is 5.26. The highest BCUT2D eigenvalue weighted by atomic mass is 16.8. The quantitative estimate of drug-likeness (QED) is 0.0654. The predicted molar refractivity (Wildman–Crippen MR) is 325 cm³/mol. The highest BCUT2D eigenvalue weighted by molar-refractivity contribution is 6.20. The van der Waals surface area contributed by atoms with Gasteiger partial charge < -0.3 is 61.9 Å². The molecular formula is C69H77N3O21. The van der Waals surface area contributed by atoms with Gasteiger partial charge in [0.05, 0.1) is 46.2 Å². The lowest BCUT2D eigenvalue weighted by molar-refractivity contribution is -0.367. The molecule has 0 radical (unpaired) electrons. The van der Waals surface area contributed by atoms with E-state index in [-0.39, 0.29) is 73.1 Å². The Morgan fingerprint density at radius 2 is 0.688 bits per heavy atom. The molecule has 0 aromatic heterocycles. The van der Waals surface area contributed by atoms with E-state index in [1.54, 1.807) is 30.3 Å². The fourth-order valence-corrected chi connectivity index (χ4v) is 12.3. The number of benzene rings is 4. The SMILES string of the molecule is CO[C@@H]1O[C@H](COCc2ccccc2)[C@@H](O[C@@H]2O[C@H](COCc3ccccc3)[C@@H](O[C@@H]3O[C@H](COCc4ccccc4)[C@@H](O)[C@H](OC(C)=O)[C@H]3N3C(=O)C(C)=C(C)C3=O)[C@H](OCc3ccccc3)[C@H]2N2C(=O)C(C)=C(C)C2=O)[C@H](OC(C)=O)[C@H]1N1C(=O)C(C)=C(C)C1=O. The van der Waals surface area contributed by atoms with Gasteiger partial charge in [0.1, 0.15) is 60.9 Å². The van der Waals surface area contributed by atoms with Crippen molar-refractivity contribution in [3.63, 3.8) is 0 Å². The monoisotopic (exact) mass is 1280 g/mol. The van der Waals surface area contributed by atoms with Crippen LogP contribution in [0.5, 0.6) is 0 Å². The lowest BCUT2D eigenvalue weighted by Crippen LogP contribution is -2.72. The minimum atomic E-state index is -1.91. The van der Waals surface area contributed by atoms with Crippen molar-refractivity contribution in [3.8, 4) is 0 Å². The van der Waals surface area contributed by atoms with Crippen LogP contribution in [-0.2, 0) is 122 Å². The Bertz CT molecular complexity index is 3440. The van der Waals surface area contributed by atoms with Crippen LogP contribution in [0, 0.1) is 0 Å². The maximum Gasteiger partial charge on any atom is 0.303 e. The molecule has 1 N–H and O–H groups in total. The summed E-state index contributed by atoms with van der Waals surface area (Å²) < 4.78 is 79.4. The Labute approximate surface area is 538 Å². The van der Waals surface area contributed by atoms with Crippen LogP contribution in [0.4, 0.5) is 0 Å². The minimum Gasteiger partial charge on any atom is -0.457 e. The van der Waals surface area contributed by atoms with E-state index < -0.39 is 146 Å². The van der Waals surface area contributed by atoms with Crippen molar-refractivity contribution in [3.05, 3.63) is 177 Å². The molecular weight excluding hydrogens is 1210 g/mol.